The largest absolute Gasteiger partial charge is 0.496 e. The molecule has 0 spiro atoms. The normalized spacial score (nSPS) is 15.9. The third-order valence-electron chi connectivity index (χ3n) is 4.75. The first-order chi connectivity index (χ1) is 12.3. The van der Waals surface area contributed by atoms with E-state index >= 15 is 0 Å². The van der Waals surface area contributed by atoms with Crippen LogP contribution < -0.4 is 9.64 Å². The lowest BCUT2D eigenvalue weighted by atomic mass is 10.1. The van der Waals surface area contributed by atoms with E-state index in [1.807, 2.05) is 32.0 Å². The molecule has 140 valence electrons. The molecule has 3 rings (SSSR count). The summed E-state index contributed by atoms with van der Waals surface area (Å²) in [6.07, 6.45) is 0. The molecule has 0 radical (unpaired) electrons. The SMILES string of the molecule is COc1ccc(S(=O)(=O)N2CCN(c3cc(Cl)ccc3C)CC2)cc1C. The van der Waals surface area contributed by atoms with Crippen molar-refractivity contribution in [3.63, 3.8) is 0 Å². The zero-order valence-corrected chi connectivity index (χ0v) is 16.8. The maximum absolute atomic E-state index is 12.9. The molecule has 1 aliphatic heterocycles. The van der Waals surface area contributed by atoms with Gasteiger partial charge in [-0.3, -0.25) is 0 Å². The summed E-state index contributed by atoms with van der Waals surface area (Å²) in [5, 5.41) is 0.689. The first-order valence-corrected chi connectivity index (χ1v) is 10.3. The minimum absolute atomic E-state index is 0.309. The number of rotatable bonds is 4. The van der Waals surface area contributed by atoms with Gasteiger partial charge in [0.25, 0.3) is 0 Å². The molecule has 7 heteroatoms. The van der Waals surface area contributed by atoms with Crippen LogP contribution in [0.25, 0.3) is 0 Å². The molecule has 0 amide bonds. The van der Waals surface area contributed by atoms with E-state index in [1.54, 1.807) is 29.6 Å². The van der Waals surface area contributed by atoms with E-state index in [2.05, 4.69) is 4.90 Å². The number of sulfonamides is 1. The number of aryl methyl sites for hydroxylation is 2. The number of anilines is 1. The molecule has 0 unspecified atom stereocenters. The van der Waals surface area contributed by atoms with Crippen molar-refractivity contribution in [2.24, 2.45) is 0 Å². The van der Waals surface area contributed by atoms with E-state index in [0.717, 1.165) is 16.8 Å². The van der Waals surface area contributed by atoms with Crippen molar-refractivity contribution in [1.29, 1.82) is 0 Å². The second-order valence-electron chi connectivity index (χ2n) is 6.45. The van der Waals surface area contributed by atoms with E-state index in [9.17, 15) is 8.42 Å². The number of ether oxygens (including phenoxy) is 1. The quantitative estimate of drug-likeness (QED) is 0.796. The molecule has 0 N–H and O–H groups in total. The van der Waals surface area contributed by atoms with E-state index in [4.69, 9.17) is 16.3 Å². The van der Waals surface area contributed by atoms with Crippen LogP contribution in [0.1, 0.15) is 11.1 Å². The summed E-state index contributed by atoms with van der Waals surface area (Å²) in [7, 11) is -1.93. The fraction of sp³-hybridized carbons (Fsp3) is 0.368. The first kappa shape index (κ1) is 19.0. The molecule has 2 aromatic carbocycles. The number of methoxy groups -OCH3 is 1. The Labute approximate surface area is 160 Å². The zero-order chi connectivity index (χ0) is 18.9. The van der Waals surface area contributed by atoms with Gasteiger partial charge in [0.2, 0.25) is 10.0 Å². The van der Waals surface area contributed by atoms with Gasteiger partial charge in [-0.05, 0) is 55.3 Å². The Kier molecular flexibility index (Phi) is 5.46. The van der Waals surface area contributed by atoms with Gasteiger partial charge < -0.3 is 9.64 Å². The lowest BCUT2D eigenvalue weighted by Crippen LogP contribution is -2.48. The Morgan fingerprint density at radius 1 is 0.962 bits per heavy atom. The van der Waals surface area contributed by atoms with Gasteiger partial charge in [0.1, 0.15) is 5.75 Å². The number of halogens is 1. The van der Waals surface area contributed by atoms with E-state index in [0.29, 0.717) is 41.8 Å². The second kappa shape index (κ2) is 7.47. The van der Waals surface area contributed by atoms with Crippen LogP contribution in [-0.2, 0) is 10.0 Å². The molecule has 0 saturated carbocycles. The highest BCUT2D eigenvalue weighted by Crippen LogP contribution is 2.28. The molecule has 26 heavy (non-hydrogen) atoms. The summed E-state index contributed by atoms with van der Waals surface area (Å²) < 4.78 is 32.7. The second-order valence-corrected chi connectivity index (χ2v) is 8.83. The Morgan fingerprint density at radius 2 is 1.65 bits per heavy atom. The predicted octanol–water partition coefficient (Wildman–Crippen LogP) is 3.48. The van der Waals surface area contributed by atoms with Crippen LogP contribution in [0.4, 0.5) is 5.69 Å². The van der Waals surface area contributed by atoms with Crippen LogP contribution in [0.3, 0.4) is 0 Å². The third kappa shape index (κ3) is 3.68. The van der Waals surface area contributed by atoms with Crippen molar-refractivity contribution in [2.45, 2.75) is 18.7 Å². The van der Waals surface area contributed by atoms with Crippen molar-refractivity contribution in [3.05, 3.63) is 52.5 Å². The van der Waals surface area contributed by atoms with Crippen LogP contribution in [0.2, 0.25) is 5.02 Å². The fourth-order valence-electron chi connectivity index (χ4n) is 3.25. The molecule has 1 fully saturated rings. The van der Waals surface area contributed by atoms with Crippen LogP contribution >= 0.6 is 11.6 Å². The zero-order valence-electron chi connectivity index (χ0n) is 15.2. The monoisotopic (exact) mass is 394 g/mol. The summed E-state index contributed by atoms with van der Waals surface area (Å²) in [6, 6.07) is 10.8. The highest BCUT2D eigenvalue weighted by Gasteiger charge is 2.29. The molecule has 2 aromatic rings. The molecule has 1 saturated heterocycles. The van der Waals surface area contributed by atoms with Crippen LogP contribution in [-0.4, -0.2) is 46.0 Å². The van der Waals surface area contributed by atoms with Crippen LogP contribution in [0.15, 0.2) is 41.3 Å². The molecule has 5 nitrogen and oxygen atoms in total. The molecular formula is C19H23ClN2O3S. The Morgan fingerprint density at radius 3 is 2.27 bits per heavy atom. The molecule has 1 aliphatic rings. The van der Waals surface area contributed by atoms with Gasteiger partial charge >= 0.3 is 0 Å². The predicted molar refractivity (Wildman–Crippen MR) is 105 cm³/mol. The average molecular weight is 395 g/mol. The number of hydrogen-bond donors (Lipinski definition) is 0. The molecule has 0 aliphatic carbocycles. The number of piperazine rings is 1. The fourth-order valence-corrected chi connectivity index (χ4v) is 4.93. The van der Waals surface area contributed by atoms with Crippen molar-refractivity contribution in [2.75, 3.05) is 38.2 Å². The van der Waals surface area contributed by atoms with Crippen molar-refractivity contribution < 1.29 is 13.2 Å². The summed E-state index contributed by atoms with van der Waals surface area (Å²) in [4.78, 5) is 2.50. The van der Waals surface area contributed by atoms with E-state index < -0.39 is 10.0 Å². The van der Waals surface area contributed by atoms with Gasteiger partial charge in [-0.25, -0.2) is 8.42 Å². The van der Waals surface area contributed by atoms with Gasteiger partial charge in [-0.1, -0.05) is 17.7 Å². The Hall–Kier alpha value is -1.76. The van der Waals surface area contributed by atoms with Gasteiger partial charge in [-0.2, -0.15) is 4.31 Å². The van der Waals surface area contributed by atoms with Crippen LogP contribution in [0.5, 0.6) is 5.75 Å². The summed E-state index contributed by atoms with van der Waals surface area (Å²) in [5.41, 5.74) is 3.01. The molecular weight excluding hydrogens is 372 g/mol. The van der Waals surface area contributed by atoms with E-state index in [1.165, 1.54) is 0 Å². The van der Waals surface area contributed by atoms with Gasteiger partial charge in [0.15, 0.2) is 0 Å². The Balaban J connectivity index is 1.76. The number of benzene rings is 2. The molecule has 0 bridgehead atoms. The van der Waals surface area contributed by atoms with Crippen molar-refractivity contribution in [1.82, 2.24) is 4.31 Å². The molecule has 0 aromatic heterocycles. The first-order valence-electron chi connectivity index (χ1n) is 8.49. The molecule has 0 atom stereocenters. The topological polar surface area (TPSA) is 49.9 Å². The minimum Gasteiger partial charge on any atom is -0.496 e. The third-order valence-corrected chi connectivity index (χ3v) is 6.88. The van der Waals surface area contributed by atoms with Gasteiger partial charge in [0, 0.05) is 36.9 Å². The van der Waals surface area contributed by atoms with Gasteiger partial charge in [-0.15, -0.1) is 0 Å². The van der Waals surface area contributed by atoms with Gasteiger partial charge in [0.05, 0.1) is 12.0 Å². The van der Waals surface area contributed by atoms with Crippen LogP contribution in [0, 0.1) is 13.8 Å². The lowest BCUT2D eigenvalue weighted by Gasteiger charge is -2.36. The van der Waals surface area contributed by atoms with E-state index in [-0.39, 0.29) is 0 Å². The molecule has 1 heterocycles. The highest BCUT2D eigenvalue weighted by molar-refractivity contribution is 7.89. The van der Waals surface area contributed by atoms with Crippen molar-refractivity contribution in [3.8, 4) is 5.75 Å². The maximum Gasteiger partial charge on any atom is 0.243 e. The average Bonchev–Trinajstić information content (AvgIpc) is 2.63. The number of hydrogen-bond acceptors (Lipinski definition) is 4. The Bertz CT molecular complexity index is 907. The summed E-state index contributed by atoms with van der Waals surface area (Å²) >= 11 is 6.11. The minimum atomic E-state index is -3.51. The lowest BCUT2D eigenvalue weighted by molar-refractivity contribution is 0.384. The smallest absolute Gasteiger partial charge is 0.243 e. The maximum atomic E-state index is 12.9. The summed E-state index contributed by atoms with van der Waals surface area (Å²) in [6.45, 7) is 6.04. The summed E-state index contributed by atoms with van der Waals surface area (Å²) in [5.74, 6) is 0.685. The standard InChI is InChI=1S/C19H23ClN2O3S/c1-14-4-5-16(20)13-18(14)21-8-10-22(11-9-21)26(23,24)17-6-7-19(25-3)15(2)12-17/h4-7,12-13H,8-11H2,1-3H3. The highest BCUT2D eigenvalue weighted by atomic mass is 35.5. The van der Waals surface area contributed by atoms with Crippen molar-refractivity contribution >= 4 is 27.3 Å². The number of nitrogens with zero attached hydrogens (tertiary/aromatic N) is 2.